The highest BCUT2D eigenvalue weighted by Gasteiger charge is 2.13. The molecule has 1 amide bonds. The van der Waals surface area contributed by atoms with Crippen molar-refractivity contribution in [2.75, 3.05) is 13.6 Å². The molecule has 0 unspecified atom stereocenters. The van der Waals surface area contributed by atoms with E-state index < -0.39 is 17.9 Å². The van der Waals surface area contributed by atoms with Gasteiger partial charge in [-0.05, 0) is 26.5 Å². The molecule has 0 bridgehead atoms. The number of carboxylic acid groups (broad SMARTS) is 1. The number of allylic oxidation sites excluding steroid dienone is 1. The van der Waals surface area contributed by atoms with Crippen LogP contribution in [-0.2, 0) is 14.4 Å². The van der Waals surface area contributed by atoms with Crippen LogP contribution in [0.15, 0.2) is 12.2 Å². The fourth-order valence-electron chi connectivity index (χ4n) is 0.983. The molecule has 6 heteroatoms. The Morgan fingerprint density at radius 2 is 1.78 bits per heavy atom. The zero-order chi connectivity index (χ0) is 12.6. The van der Waals surface area contributed by atoms with Crippen molar-refractivity contribution in [3.05, 3.63) is 12.2 Å². The van der Waals surface area contributed by atoms with Crippen molar-refractivity contribution in [2.45, 2.75) is 34.2 Å². The highest BCUT2D eigenvalue weighted by atomic mass is 16.4. The van der Waals surface area contributed by atoms with E-state index in [4.69, 9.17) is 5.11 Å². The number of amides is 1. The highest BCUT2D eigenvalue weighted by Crippen LogP contribution is 1.89. The number of rotatable bonds is 7. The topological polar surface area (TPSA) is 95.5 Å². The maximum atomic E-state index is 11.1. The van der Waals surface area contributed by atoms with Crippen LogP contribution in [0.2, 0.25) is 0 Å². The Balaban J connectivity index is -0.00000112. The Morgan fingerprint density at radius 3 is 2.17 bits per heavy atom. The van der Waals surface area contributed by atoms with E-state index in [1.54, 1.807) is 0 Å². The number of hydrogen-bond acceptors (Lipinski definition) is 4. The van der Waals surface area contributed by atoms with Crippen LogP contribution in [0.3, 0.4) is 0 Å². The van der Waals surface area contributed by atoms with Crippen LogP contribution in [0.5, 0.6) is 0 Å². The van der Waals surface area contributed by atoms with Crippen molar-refractivity contribution in [1.29, 1.82) is 0 Å². The van der Waals surface area contributed by atoms with Crippen LogP contribution in [0.4, 0.5) is 0 Å². The Hall–Kier alpha value is -1.69. The average Bonchev–Trinajstić information content (AvgIpc) is 2.20. The minimum atomic E-state index is -0.962. The lowest BCUT2D eigenvalue weighted by atomic mass is 10.2. The smallest absolute Gasteiger partial charge is 0.320 e. The summed E-state index contributed by atoms with van der Waals surface area (Å²) in [5, 5.41) is 13.8. The van der Waals surface area contributed by atoms with Crippen LogP contribution < -0.4 is 10.6 Å². The summed E-state index contributed by atoms with van der Waals surface area (Å²) in [5.74, 6) is -1.58. The summed E-state index contributed by atoms with van der Waals surface area (Å²) in [6.45, 7) is 1.57. The van der Waals surface area contributed by atoms with Gasteiger partial charge in [0.2, 0.25) is 5.91 Å². The molecule has 0 aromatic heterocycles. The molecule has 3 N–H and O–H groups in total. The molecule has 0 rings (SSSR count). The van der Waals surface area contributed by atoms with E-state index in [-0.39, 0.29) is 33.6 Å². The molecule has 0 saturated heterocycles. The first-order chi connectivity index (χ1) is 7.47. The Labute approximate surface area is 108 Å². The number of hydrogen-bond donors (Lipinski definition) is 3. The largest absolute Gasteiger partial charge is 0.480 e. The van der Waals surface area contributed by atoms with Gasteiger partial charge in [0, 0.05) is 12.6 Å². The first kappa shape index (κ1) is 21.6. The predicted octanol–water partition coefficient (Wildman–Crippen LogP) is 0.583. The van der Waals surface area contributed by atoms with Crippen LogP contribution in [0, 0.1) is 0 Å². The SMILES string of the molecule is C.C.CN[C@H](CCNC(=O)/C=C/C(C)=O)C(=O)O. The molecule has 0 saturated carbocycles. The highest BCUT2D eigenvalue weighted by molar-refractivity contribution is 5.96. The summed E-state index contributed by atoms with van der Waals surface area (Å²) in [6, 6.07) is -0.683. The van der Waals surface area contributed by atoms with Crippen molar-refractivity contribution in [3.8, 4) is 0 Å². The van der Waals surface area contributed by atoms with Gasteiger partial charge in [-0.25, -0.2) is 0 Å². The summed E-state index contributed by atoms with van der Waals surface area (Å²) in [6.07, 6.45) is 2.56. The standard InChI is InChI=1S/C10H16N2O4.2CH4/c1-7(13)3-4-9(14)12-6-5-8(11-2)10(15)16;;/h3-4,8,11H,5-6H2,1-2H3,(H,12,14)(H,15,16);2*1H4/b4-3+;;/t8-;;/m1../s1. The summed E-state index contributed by atoms with van der Waals surface area (Å²) >= 11 is 0. The molecule has 0 aromatic rings. The fourth-order valence-corrected chi connectivity index (χ4v) is 0.983. The molecule has 1 atom stereocenters. The van der Waals surface area contributed by atoms with Gasteiger partial charge in [0.25, 0.3) is 0 Å². The monoisotopic (exact) mass is 260 g/mol. The van der Waals surface area contributed by atoms with Crippen molar-refractivity contribution in [2.24, 2.45) is 0 Å². The number of nitrogens with one attached hydrogen (secondary N) is 2. The van der Waals surface area contributed by atoms with Gasteiger partial charge in [0.15, 0.2) is 5.78 Å². The third-order valence-corrected chi connectivity index (χ3v) is 1.85. The molecule has 0 radical (unpaired) electrons. The average molecular weight is 260 g/mol. The van der Waals surface area contributed by atoms with E-state index in [0.29, 0.717) is 0 Å². The normalized spacial score (nSPS) is 11.0. The Morgan fingerprint density at radius 1 is 1.22 bits per heavy atom. The van der Waals surface area contributed by atoms with Crippen LogP contribution in [0.1, 0.15) is 28.2 Å². The van der Waals surface area contributed by atoms with Gasteiger partial charge < -0.3 is 15.7 Å². The molecular formula is C12H24N2O4. The molecule has 0 heterocycles. The molecule has 18 heavy (non-hydrogen) atoms. The number of aliphatic carboxylic acids is 1. The van der Waals surface area contributed by atoms with E-state index in [2.05, 4.69) is 10.6 Å². The molecule has 106 valence electrons. The maximum Gasteiger partial charge on any atom is 0.320 e. The predicted molar refractivity (Wildman–Crippen MR) is 71.4 cm³/mol. The fraction of sp³-hybridized carbons (Fsp3) is 0.583. The first-order valence-electron chi connectivity index (χ1n) is 4.84. The van der Waals surface area contributed by atoms with E-state index >= 15 is 0 Å². The molecular weight excluding hydrogens is 236 g/mol. The molecule has 0 spiro atoms. The van der Waals surface area contributed by atoms with Crippen molar-refractivity contribution in [3.63, 3.8) is 0 Å². The Bertz CT molecular complexity index is 300. The number of ketones is 1. The molecule has 6 nitrogen and oxygen atoms in total. The second kappa shape index (κ2) is 11.8. The van der Waals surface area contributed by atoms with E-state index in [1.165, 1.54) is 14.0 Å². The number of carbonyl (C=O) groups is 3. The minimum Gasteiger partial charge on any atom is -0.480 e. The van der Waals surface area contributed by atoms with Crippen LogP contribution >= 0.6 is 0 Å². The van der Waals surface area contributed by atoms with Gasteiger partial charge in [0.1, 0.15) is 6.04 Å². The lowest BCUT2D eigenvalue weighted by Gasteiger charge is -2.10. The number of likely N-dealkylation sites (N-methyl/N-ethyl adjacent to an activating group) is 1. The second-order valence-electron chi connectivity index (χ2n) is 3.20. The zero-order valence-corrected chi connectivity index (χ0v) is 9.32. The summed E-state index contributed by atoms with van der Waals surface area (Å²) in [7, 11) is 1.54. The van der Waals surface area contributed by atoms with Crippen LogP contribution in [0.25, 0.3) is 0 Å². The van der Waals surface area contributed by atoms with E-state index in [0.717, 1.165) is 12.2 Å². The van der Waals surface area contributed by atoms with Crippen molar-refractivity contribution in [1.82, 2.24) is 10.6 Å². The van der Waals surface area contributed by atoms with Crippen molar-refractivity contribution >= 4 is 17.7 Å². The molecule has 0 aliphatic heterocycles. The molecule has 0 aliphatic carbocycles. The van der Waals surface area contributed by atoms with Gasteiger partial charge in [-0.1, -0.05) is 14.9 Å². The third-order valence-electron chi connectivity index (χ3n) is 1.85. The van der Waals surface area contributed by atoms with Gasteiger partial charge in [-0.2, -0.15) is 0 Å². The van der Waals surface area contributed by atoms with Crippen LogP contribution in [-0.4, -0.2) is 42.4 Å². The van der Waals surface area contributed by atoms with Crippen molar-refractivity contribution < 1.29 is 19.5 Å². The number of carbonyl (C=O) groups excluding carboxylic acids is 2. The second-order valence-corrected chi connectivity index (χ2v) is 3.20. The maximum absolute atomic E-state index is 11.1. The quantitative estimate of drug-likeness (QED) is 0.582. The summed E-state index contributed by atoms with van der Waals surface area (Å²) in [4.78, 5) is 32.2. The third kappa shape index (κ3) is 10.8. The van der Waals surface area contributed by atoms with E-state index in [9.17, 15) is 14.4 Å². The van der Waals surface area contributed by atoms with Gasteiger partial charge >= 0.3 is 5.97 Å². The first-order valence-corrected chi connectivity index (χ1v) is 4.84. The Kier molecular flexibility index (Phi) is 14.1. The zero-order valence-electron chi connectivity index (χ0n) is 9.32. The molecule has 0 aromatic carbocycles. The minimum absolute atomic E-state index is 0. The lowest BCUT2D eigenvalue weighted by molar-refractivity contribution is -0.139. The number of carboxylic acids is 1. The molecule has 0 aliphatic rings. The summed E-state index contributed by atoms with van der Waals surface area (Å²) < 4.78 is 0. The van der Waals surface area contributed by atoms with Gasteiger partial charge in [-0.3, -0.25) is 14.4 Å². The lowest BCUT2D eigenvalue weighted by Crippen LogP contribution is -2.37. The molecule has 0 fully saturated rings. The van der Waals surface area contributed by atoms with Gasteiger partial charge in [0.05, 0.1) is 0 Å². The van der Waals surface area contributed by atoms with E-state index in [1.807, 2.05) is 0 Å². The summed E-state index contributed by atoms with van der Waals surface area (Å²) in [5.41, 5.74) is 0. The van der Waals surface area contributed by atoms with Gasteiger partial charge in [-0.15, -0.1) is 0 Å².